The first-order valence-corrected chi connectivity index (χ1v) is 7.60. The Morgan fingerprint density at radius 3 is 2.59 bits per heavy atom. The second kappa shape index (κ2) is 6.87. The van der Waals surface area contributed by atoms with Gasteiger partial charge in [-0.15, -0.1) is 10.2 Å². The highest BCUT2D eigenvalue weighted by Crippen LogP contribution is 2.18. The van der Waals surface area contributed by atoms with Gasteiger partial charge in [0, 0.05) is 10.9 Å². The number of ether oxygens (including phenoxy) is 1. The molecule has 1 amide bonds. The third kappa shape index (κ3) is 5.10. The van der Waals surface area contributed by atoms with Crippen LogP contribution in [0.3, 0.4) is 0 Å². The van der Waals surface area contributed by atoms with E-state index in [1.807, 2.05) is 45.0 Å². The van der Waals surface area contributed by atoms with Crippen molar-refractivity contribution in [3.05, 3.63) is 40.1 Å². The Labute approximate surface area is 137 Å². The number of hydrogen-bond acceptors (Lipinski definition) is 5. The lowest BCUT2D eigenvalue weighted by atomic mass is 10.1. The predicted octanol–water partition coefficient (Wildman–Crippen LogP) is 2.77. The number of carbonyl (C=O) groups is 1. The molecular formula is C14H18BrN5O2. The van der Waals surface area contributed by atoms with Crippen molar-refractivity contribution in [1.82, 2.24) is 25.9 Å². The van der Waals surface area contributed by atoms with Crippen molar-refractivity contribution in [2.45, 2.75) is 38.8 Å². The van der Waals surface area contributed by atoms with Crippen LogP contribution in [0.2, 0.25) is 0 Å². The topological polar surface area (TPSA) is 92.8 Å². The zero-order valence-electron chi connectivity index (χ0n) is 12.6. The summed E-state index contributed by atoms with van der Waals surface area (Å²) in [5.41, 5.74) is 0.470. The molecule has 0 radical (unpaired) electrons. The van der Waals surface area contributed by atoms with Crippen LogP contribution in [-0.2, 0) is 11.2 Å². The Balaban J connectivity index is 2.10. The molecule has 118 valence electrons. The molecule has 0 saturated carbocycles. The van der Waals surface area contributed by atoms with Crippen LogP contribution in [0.25, 0.3) is 0 Å². The molecule has 2 aromatic rings. The number of tetrazole rings is 1. The number of rotatable bonds is 4. The van der Waals surface area contributed by atoms with E-state index in [1.54, 1.807) is 0 Å². The Hall–Kier alpha value is -1.96. The fourth-order valence-corrected chi connectivity index (χ4v) is 2.09. The Kier molecular flexibility index (Phi) is 5.12. The molecule has 7 nitrogen and oxygen atoms in total. The van der Waals surface area contributed by atoms with Gasteiger partial charge in [-0.25, -0.2) is 4.79 Å². The fourth-order valence-electron chi connectivity index (χ4n) is 1.83. The van der Waals surface area contributed by atoms with Gasteiger partial charge in [0.25, 0.3) is 0 Å². The number of alkyl carbamates (subject to hydrolysis) is 1. The van der Waals surface area contributed by atoms with Gasteiger partial charge >= 0.3 is 6.09 Å². The first-order valence-electron chi connectivity index (χ1n) is 6.81. The summed E-state index contributed by atoms with van der Waals surface area (Å²) in [6.45, 7) is 5.43. The highest BCUT2D eigenvalue weighted by Gasteiger charge is 2.23. The molecule has 1 atom stereocenters. The van der Waals surface area contributed by atoms with Crippen LogP contribution in [0.1, 0.15) is 38.2 Å². The average Bonchev–Trinajstić information content (AvgIpc) is 2.92. The molecule has 22 heavy (non-hydrogen) atoms. The second-order valence-corrected chi connectivity index (χ2v) is 6.72. The summed E-state index contributed by atoms with van der Waals surface area (Å²) in [6.07, 6.45) is 0.0194. The maximum absolute atomic E-state index is 12.0. The molecule has 8 heteroatoms. The molecule has 1 heterocycles. The smallest absolute Gasteiger partial charge is 0.408 e. The Morgan fingerprint density at radius 2 is 2.05 bits per heavy atom. The van der Waals surface area contributed by atoms with Crippen molar-refractivity contribution in [1.29, 1.82) is 0 Å². The molecule has 1 aromatic heterocycles. The molecule has 0 aliphatic heterocycles. The number of H-pyrrole nitrogens is 1. The molecular weight excluding hydrogens is 350 g/mol. The third-order valence-electron chi connectivity index (χ3n) is 2.72. The lowest BCUT2D eigenvalue weighted by molar-refractivity contribution is 0.0501. The first kappa shape index (κ1) is 16.4. The van der Waals surface area contributed by atoms with Crippen molar-refractivity contribution in [3.8, 4) is 0 Å². The van der Waals surface area contributed by atoms with E-state index in [9.17, 15) is 4.79 Å². The molecule has 2 N–H and O–H groups in total. The lowest BCUT2D eigenvalue weighted by Crippen LogP contribution is -2.36. The van der Waals surface area contributed by atoms with Gasteiger partial charge in [0.1, 0.15) is 11.6 Å². The number of carbonyl (C=O) groups excluding carboxylic acids is 1. The average molecular weight is 368 g/mol. The minimum atomic E-state index is -0.566. The standard InChI is InChI=1S/C14H18BrN5O2/c1-14(2,3)22-13(21)16-11(12-17-19-20-18-12)8-9-4-6-10(15)7-5-9/h4-7,11H,8H2,1-3H3,(H,16,21)(H,17,18,19,20)/t11-/m0/s1. The van der Waals surface area contributed by atoms with Gasteiger partial charge in [-0.1, -0.05) is 33.3 Å². The van der Waals surface area contributed by atoms with Crippen molar-refractivity contribution >= 4 is 22.0 Å². The molecule has 0 bridgehead atoms. The van der Waals surface area contributed by atoms with Crippen molar-refractivity contribution in [3.63, 3.8) is 0 Å². The quantitative estimate of drug-likeness (QED) is 0.866. The van der Waals surface area contributed by atoms with Crippen molar-refractivity contribution < 1.29 is 9.53 Å². The van der Waals surface area contributed by atoms with Crippen LogP contribution in [0.5, 0.6) is 0 Å². The Bertz CT molecular complexity index is 607. The van der Waals surface area contributed by atoms with Crippen LogP contribution in [0, 0.1) is 0 Å². The zero-order valence-corrected chi connectivity index (χ0v) is 14.2. The largest absolute Gasteiger partial charge is 0.444 e. The van der Waals surface area contributed by atoms with Crippen LogP contribution in [-0.4, -0.2) is 32.3 Å². The van der Waals surface area contributed by atoms with Crippen molar-refractivity contribution in [2.75, 3.05) is 0 Å². The van der Waals surface area contributed by atoms with Crippen LogP contribution < -0.4 is 5.32 Å². The number of hydrogen-bond donors (Lipinski definition) is 2. The molecule has 0 saturated heterocycles. The number of aromatic nitrogens is 4. The highest BCUT2D eigenvalue weighted by atomic mass is 79.9. The van der Waals surface area contributed by atoms with E-state index >= 15 is 0 Å². The van der Waals surface area contributed by atoms with E-state index in [0.29, 0.717) is 12.2 Å². The predicted molar refractivity (Wildman–Crippen MR) is 84.1 cm³/mol. The SMILES string of the molecule is CC(C)(C)OC(=O)N[C@@H](Cc1ccc(Br)cc1)c1nn[nH]n1. The van der Waals surface area contributed by atoms with E-state index in [0.717, 1.165) is 10.0 Å². The number of benzene rings is 1. The summed E-state index contributed by atoms with van der Waals surface area (Å²) in [4.78, 5) is 12.0. The first-order chi connectivity index (χ1) is 10.3. The number of nitrogens with zero attached hydrogens (tertiary/aromatic N) is 3. The molecule has 1 aromatic carbocycles. The monoisotopic (exact) mass is 367 g/mol. The third-order valence-corrected chi connectivity index (χ3v) is 3.25. The van der Waals surface area contributed by atoms with Gasteiger partial charge in [0.2, 0.25) is 0 Å². The van der Waals surface area contributed by atoms with E-state index in [4.69, 9.17) is 4.74 Å². The summed E-state index contributed by atoms with van der Waals surface area (Å²) in [6, 6.07) is 7.39. The lowest BCUT2D eigenvalue weighted by Gasteiger charge is -2.22. The fraction of sp³-hybridized carbons (Fsp3) is 0.429. The maximum Gasteiger partial charge on any atom is 0.408 e. The minimum absolute atomic E-state index is 0.411. The van der Waals surface area contributed by atoms with Crippen LogP contribution >= 0.6 is 15.9 Å². The second-order valence-electron chi connectivity index (χ2n) is 5.80. The van der Waals surface area contributed by atoms with E-state index in [-0.39, 0.29) is 0 Å². The van der Waals surface area contributed by atoms with Crippen LogP contribution in [0.15, 0.2) is 28.7 Å². The molecule has 0 fully saturated rings. The van der Waals surface area contributed by atoms with Gasteiger partial charge in [-0.3, -0.25) is 0 Å². The Morgan fingerprint density at radius 1 is 1.36 bits per heavy atom. The molecule has 0 aliphatic rings. The molecule has 2 rings (SSSR count). The van der Waals surface area contributed by atoms with Crippen LogP contribution in [0.4, 0.5) is 4.79 Å². The van der Waals surface area contributed by atoms with Gasteiger partial charge < -0.3 is 10.1 Å². The number of halogens is 1. The van der Waals surface area contributed by atoms with Gasteiger partial charge in [-0.05, 0) is 38.5 Å². The van der Waals surface area contributed by atoms with Gasteiger partial charge in [0.15, 0.2) is 5.82 Å². The summed E-state index contributed by atoms with van der Waals surface area (Å²) < 4.78 is 6.27. The summed E-state index contributed by atoms with van der Waals surface area (Å²) in [5, 5.41) is 16.6. The summed E-state index contributed by atoms with van der Waals surface area (Å²) in [7, 11) is 0. The normalized spacial score (nSPS) is 12.7. The van der Waals surface area contributed by atoms with Gasteiger partial charge in [0.05, 0.1) is 0 Å². The highest BCUT2D eigenvalue weighted by molar-refractivity contribution is 9.10. The number of nitrogens with one attached hydrogen (secondary N) is 2. The van der Waals surface area contributed by atoms with E-state index < -0.39 is 17.7 Å². The van der Waals surface area contributed by atoms with Gasteiger partial charge in [-0.2, -0.15) is 5.21 Å². The summed E-state index contributed by atoms with van der Waals surface area (Å²) in [5.74, 6) is 0.411. The molecule has 0 spiro atoms. The van der Waals surface area contributed by atoms with E-state index in [2.05, 4.69) is 41.9 Å². The van der Waals surface area contributed by atoms with E-state index in [1.165, 1.54) is 0 Å². The van der Waals surface area contributed by atoms with Crippen molar-refractivity contribution in [2.24, 2.45) is 0 Å². The summed E-state index contributed by atoms with van der Waals surface area (Å²) >= 11 is 3.39. The maximum atomic E-state index is 12.0. The minimum Gasteiger partial charge on any atom is -0.444 e. The number of amides is 1. The molecule has 0 unspecified atom stereocenters. The zero-order chi connectivity index (χ0) is 16.2. The molecule has 0 aliphatic carbocycles. The number of aromatic amines is 1.